The van der Waals surface area contributed by atoms with Gasteiger partial charge >= 0.3 is 0 Å². The van der Waals surface area contributed by atoms with E-state index in [-0.39, 0.29) is 11.2 Å². The van der Waals surface area contributed by atoms with Crippen LogP contribution in [0.1, 0.15) is 37.6 Å². The molecule has 3 aromatic rings. The molecule has 0 spiro atoms. The molecule has 0 amide bonds. The number of hydrogen-bond donors (Lipinski definition) is 1. The molecular formula is C20H22FN. The number of aromatic nitrogens is 1. The van der Waals surface area contributed by atoms with Crippen molar-refractivity contribution in [3.8, 4) is 0 Å². The zero-order chi connectivity index (χ0) is 15.9. The van der Waals surface area contributed by atoms with Crippen LogP contribution in [0.5, 0.6) is 0 Å². The van der Waals surface area contributed by atoms with Gasteiger partial charge in [0.2, 0.25) is 0 Å². The van der Waals surface area contributed by atoms with Crippen molar-refractivity contribution in [1.29, 1.82) is 0 Å². The van der Waals surface area contributed by atoms with Crippen LogP contribution in [-0.2, 0) is 5.41 Å². The number of aryl methyl sites for hydroxylation is 1. The smallest absolute Gasteiger partial charge is 0.132 e. The SMILES string of the molecule is Cc1ccc(C(C)(c2cc3c(F)cccc3[nH]2)C(C)C)cc1. The number of aromatic amines is 1. The van der Waals surface area contributed by atoms with Gasteiger partial charge in [-0.1, -0.05) is 49.7 Å². The molecule has 1 atom stereocenters. The lowest BCUT2D eigenvalue weighted by molar-refractivity contribution is 0.397. The van der Waals surface area contributed by atoms with E-state index in [1.807, 2.05) is 12.1 Å². The van der Waals surface area contributed by atoms with E-state index in [4.69, 9.17) is 0 Å². The van der Waals surface area contributed by atoms with Crippen molar-refractivity contribution >= 4 is 10.9 Å². The maximum absolute atomic E-state index is 14.0. The second-order valence-corrected chi connectivity index (χ2v) is 6.61. The van der Waals surface area contributed by atoms with Crippen LogP contribution in [0.4, 0.5) is 4.39 Å². The van der Waals surface area contributed by atoms with Gasteiger partial charge in [-0.25, -0.2) is 4.39 Å². The van der Waals surface area contributed by atoms with Crippen molar-refractivity contribution in [2.24, 2.45) is 5.92 Å². The fourth-order valence-electron chi connectivity index (χ4n) is 3.10. The summed E-state index contributed by atoms with van der Waals surface area (Å²) < 4.78 is 14.0. The molecule has 0 fully saturated rings. The molecule has 1 aromatic heterocycles. The van der Waals surface area contributed by atoms with Gasteiger partial charge in [-0.2, -0.15) is 0 Å². The summed E-state index contributed by atoms with van der Waals surface area (Å²) >= 11 is 0. The molecule has 0 aliphatic rings. The topological polar surface area (TPSA) is 15.8 Å². The third-order valence-corrected chi connectivity index (χ3v) is 4.98. The molecule has 0 saturated carbocycles. The second-order valence-electron chi connectivity index (χ2n) is 6.61. The Hall–Kier alpha value is -2.09. The number of benzene rings is 2. The molecule has 0 bridgehead atoms. The average Bonchev–Trinajstić information content (AvgIpc) is 2.93. The highest BCUT2D eigenvalue weighted by atomic mass is 19.1. The molecule has 0 saturated heterocycles. The quantitative estimate of drug-likeness (QED) is 0.649. The Labute approximate surface area is 131 Å². The number of fused-ring (bicyclic) bond motifs is 1. The number of hydrogen-bond acceptors (Lipinski definition) is 0. The van der Waals surface area contributed by atoms with Crippen LogP contribution in [0.25, 0.3) is 10.9 Å². The Morgan fingerprint density at radius 2 is 1.73 bits per heavy atom. The van der Waals surface area contributed by atoms with Gasteiger partial charge in [-0.15, -0.1) is 0 Å². The first kappa shape index (κ1) is 14.8. The minimum absolute atomic E-state index is 0.171. The molecule has 0 aliphatic carbocycles. The van der Waals surface area contributed by atoms with E-state index in [9.17, 15) is 4.39 Å². The lowest BCUT2D eigenvalue weighted by atomic mass is 9.71. The van der Waals surface area contributed by atoms with Crippen LogP contribution >= 0.6 is 0 Å². The molecule has 2 aromatic carbocycles. The Balaban J connectivity index is 2.21. The van der Waals surface area contributed by atoms with E-state index in [0.717, 1.165) is 11.2 Å². The molecule has 3 rings (SSSR count). The molecule has 0 aliphatic heterocycles. The molecule has 0 radical (unpaired) electrons. The first-order valence-corrected chi connectivity index (χ1v) is 7.78. The Kier molecular flexibility index (Phi) is 3.56. The summed E-state index contributed by atoms with van der Waals surface area (Å²) in [5, 5.41) is 0.663. The van der Waals surface area contributed by atoms with Gasteiger partial charge in [0.05, 0.1) is 0 Å². The maximum atomic E-state index is 14.0. The second kappa shape index (κ2) is 5.28. The molecule has 1 heterocycles. The predicted molar refractivity (Wildman–Crippen MR) is 90.7 cm³/mol. The number of H-pyrrole nitrogens is 1. The van der Waals surface area contributed by atoms with E-state index in [0.29, 0.717) is 11.3 Å². The Morgan fingerprint density at radius 3 is 2.32 bits per heavy atom. The van der Waals surface area contributed by atoms with Crippen LogP contribution in [0.15, 0.2) is 48.5 Å². The molecule has 1 N–H and O–H groups in total. The minimum atomic E-state index is -0.181. The standard InChI is InChI=1S/C20H22FN/c1-13(2)20(4,15-10-8-14(3)9-11-15)19-12-16-17(21)6-5-7-18(16)22-19/h5-13,22H,1-4H3. The zero-order valence-electron chi connectivity index (χ0n) is 13.6. The molecule has 1 unspecified atom stereocenters. The van der Waals surface area contributed by atoms with E-state index in [1.165, 1.54) is 17.2 Å². The van der Waals surface area contributed by atoms with E-state index < -0.39 is 0 Å². The van der Waals surface area contributed by atoms with E-state index in [2.05, 4.69) is 56.9 Å². The van der Waals surface area contributed by atoms with Crippen molar-refractivity contribution in [3.63, 3.8) is 0 Å². The van der Waals surface area contributed by atoms with Gasteiger partial charge in [-0.05, 0) is 43.5 Å². The van der Waals surface area contributed by atoms with Gasteiger partial charge in [0, 0.05) is 22.0 Å². The third kappa shape index (κ3) is 2.23. The largest absolute Gasteiger partial charge is 0.358 e. The van der Waals surface area contributed by atoms with Crippen LogP contribution in [-0.4, -0.2) is 4.98 Å². The number of halogens is 1. The molecule has 114 valence electrons. The lowest BCUT2D eigenvalue weighted by Gasteiger charge is -2.34. The van der Waals surface area contributed by atoms with Gasteiger partial charge < -0.3 is 4.98 Å². The van der Waals surface area contributed by atoms with Crippen molar-refractivity contribution in [2.75, 3.05) is 0 Å². The highest BCUT2D eigenvalue weighted by Crippen LogP contribution is 2.40. The summed E-state index contributed by atoms with van der Waals surface area (Å²) in [6, 6.07) is 15.8. The highest BCUT2D eigenvalue weighted by Gasteiger charge is 2.34. The number of rotatable bonds is 3. The summed E-state index contributed by atoms with van der Waals surface area (Å²) in [5.74, 6) is 0.210. The van der Waals surface area contributed by atoms with Crippen LogP contribution in [0.2, 0.25) is 0 Å². The normalized spacial score (nSPS) is 14.5. The first-order chi connectivity index (χ1) is 10.4. The number of nitrogens with one attached hydrogen (secondary N) is 1. The van der Waals surface area contributed by atoms with E-state index >= 15 is 0 Å². The minimum Gasteiger partial charge on any atom is -0.358 e. The predicted octanol–water partition coefficient (Wildman–Crippen LogP) is 5.58. The van der Waals surface area contributed by atoms with Crippen LogP contribution < -0.4 is 0 Å². The average molecular weight is 295 g/mol. The third-order valence-electron chi connectivity index (χ3n) is 4.98. The van der Waals surface area contributed by atoms with Crippen molar-refractivity contribution in [3.05, 3.63) is 71.2 Å². The van der Waals surface area contributed by atoms with Gasteiger partial charge in [-0.3, -0.25) is 0 Å². The van der Waals surface area contributed by atoms with Crippen LogP contribution in [0.3, 0.4) is 0 Å². The molecular weight excluding hydrogens is 273 g/mol. The molecule has 1 nitrogen and oxygen atoms in total. The monoisotopic (exact) mass is 295 g/mol. The highest BCUT2D eigenvalue weighted by molar-refractivity contribution is 5.81. The van der Waals surface area contributed by atoms with E-state index in [1.54, 1.807) is 6.07 Å². The van der Waals surface area contributed by atoms with Crippen molar-refractivity contribution in [1.82, 2.24) is 4.98 Å². The fourth-order valence-corrected chi connectivity index (χ4v) is 3.10. The summed E-state index contributed by atoms with van der Waals surface area (Å²) in [6.45, 7) is 8.74. The van der Waals surface area contributed by atoms with Crippen molar-refractivity contribution < 1.29 is 4.39 Å². The Bertz CT molecular complexity index is 798. The molecule has 22 heavy (non-hydrogen) atoms. The lowest BCUT2D eigenvalue weighted by Crippen LogP contribution is -2.30. The van der Waals surface area contributed by atoms with Crippen LogP contribution in [0, 0.1) is 18.7 Å². The summed E-state index contributed by atoms with van der Waals surface area (Å²) in [4.78, 5) is 3.43. The first-order valence-electron chi connectivity index (χ1n) is 7.78. The fraction of sp³-hybridized carbons (Fsp3) is 0.300. The summed E-state index contributed by atoms with van der Waals surface area (Å²) in [6.07, 6.45) is 0. The Morgan fingerprint density at radius 1 is 1.05 bits per heavy atom. The molecule has 2 heteroatoms. The summed E-state index contributed by atoms with van der Waals surface area (Å²) in [7, 11) is 0. The summed E-state index contributed by atoms with van der Waals surface area (Å²) in [5.41, 5.74) is 4.23. The van der Waals surface area contributed by atoms with Crippen molar-refractivity contribution in [2.45, 2.75) is 33.1 Å². The maximum Gasteiger partial charge on any atom is 0.132 e. The van der Waals surface area contributed by atoms with Gasteiger partial charge in [0.1, 0.15) is 5.82 Å². The van der Waals surface area contributed by atoms with Gasteiger partial charge in [0.15, 0.2) is 0 Å². The van der Waals surface area contributed by atoms with Gasteiger partial charge in [0.25, 0.3) is 0 Å². The zero-order valence-corrected chi connectivity index (χ0v) is 13.6.